The monoisotopic (exact) mass is 642 g/mol. The Kier molecular flexibility index (Phi) is 7.80. The van der Waals surface area contributed by atoms with Gasteiger partial charge in [-0.1, -0.05) is 30.3 Å². The second-order valence-electron chi connectivity index (χ2n) is 13.3. The zero-order valence-corrected chi connectivity index (χ0v) is 27.6. The summed E-state index contributed by atoms with van der Waals surface area (Å²) in [7, 11) is -4.37. The van der Waals surface area contributed by atoms with Gasteiger partial charge in [0.2, 0.25) is 0 Å². The van der Waals surface area contributed by atoms with Crippen LogP contribution < -0.4 is 15.2 Å². The van der Waals surface area contributed by atoms with Crippen molar-refractivity contribution in [1.29, 1.82) is 0 Å². The van der Waals surface area contributed by atoms with Crippen LogP contribution in [0.3, 0.4) is 0 Å². The number of ether oxygens (including phenoxy) is 2. The summed E-state index contributed by atoms with van der Waals surface area (Å²) in [5.41, 5.74) is 8.35. The van der Waals surface area contributed by atoms with Crippen LogP contribution in [0.25, 0.3) is 33.3 Å². The largest absolute Gasteiger partial charge is 0.493 e. The van der Waals surface area contributed by atoms with E-state index in [-0.39, 0.29) is 33.5 Å². The lowest BCUT2D eigenvalue weighted by Gasteiger charge is -2.45. The predicted molar refractivity (Wildman–Crippen MR) is 177 cm³/mol. The molecule has 0 bridgehead atoms. The Morgan fingerprint density at radius 3 is 2.41 bits per heavy atom. The standard InChI is InChI=1S/C35H38N4O6S/c1-20-14-15-27(43-19-22-17-34(3,4)45-35(5,6)18-22)30-24(33(40)39-46(41,42)29-13-9-12-28(36)38-29)16-25(37-31(20)30)32-21(2)23-10-7-8-11-26(23)44-32/h7-16,22H,17-19H2,1-6H3,(H2,36,38)(H,39,40). The number of aromatic nitrogens is 2. The van der Waals surface area contributed by atoms with Gasteiger partial charge in [0.15, 0.2) is 10.8 Å². The van der Waals surface area contributed by atoms with Gasteiger partial charge in [-0.25, -0.2) is 14.7 Å². The fraction of sp³-hybridized carbons (Fsp3) is 0.343. The average Bonchev–Trinajstić information content (AvgIpc) is 3.31. The molecule has 10 nitrogen and oxygen atoms in total. The molecular weight excluding hydrogens is 604 g/mol. The minimum absolute atomic E-state index is 0.0121. The third-order valence-corrected chi connectivity index (χ3v) is 9.51. The summed E-state index contributed by atoms with van der Waals surface area (Å²) in [5.74, 6) is 0.240. The molecule has 2 aromatic carbocycles. The summed E-state index contributed by atoms with van der Waals surface area (Å²) in [5, 5.41) is 0.943. The van der Waals surface area contributed by atoms with E-state index in [9.17, 15) is 13.2 Å². The molecule has 0 spiro atoms. The molecule has 0 aliphatic carbocycles. The number of anilines is 1. The van der Waals surface area contributed by atoms with Crippen LogP contribution in [0.15, 0.2) is 70.1 Å². The van der Waals surface area contributed by atoms with E-state index < -0.39 is 15.9 Å². The molecule has 1 aliphatic rings. The molecule has 0 unspecified atom stereocenters. The molecule has 1 saturated heterocycles. The molecule has 1 amide bonds. The van der Waals surface area contributed by atoms with Crippen molar-refractivity contribution in [3.63, 3.8) is 0 Å². The number of furan rings is 1. The predicted octanol–water partition coefficient (Wildman–Crippen LogP) is 6.72. The number of hydrogen-bond acceptors (Lipinski definition) is 9. The molecule has 0 radical (unpaired) electrons. The first-order valence-corrected chi connectivity index (χ1v) is 16.7. The first-order valence-electron chi connectivity index (χ1n) is 15.2. The van der Waals surface area contributed by atoms with E-state index in [1.807, 2.05) is 44.2 Å². The summed E-state index contributed by atoms with van der Waals surface area (Å²) in [6, 6.07) is 17.0. The molecule has 1 fully saturated rings. The molecule has 3 aromatic heterocycles. The van der Waals surface area contributed by atoms with Crippen molar-refractivity contribution in [2.24, 2.45) is 5.92 Å². The van der Waals surface area contributed by atoms with E-state index in [1.54, 1.807) is 12.1 Å². The van der Waals surface area contributed by atoms with Crippen LogP contribution in [0.2, 0.25) is 0 Å². The number of sulfonamides is 1. The number of aryl methyl sites for hydroxylation is 2. The summed E-state index contributed by atoms with van der Waals surface area (Å²) in [6.07, 6.45) is 1.60. The number of nitrogens with two attached hydrogens (primary N) is 1. The number of para-hydroxylation sites is 1. The Hall–Kier alpha value is -4.48. The zero-order chi connectivity index (χ0) is 33.0. The normalized spacial score (nSPS) is 16.5. The average molecular weight is 643 g/mol. The summed E-state index contributed by atoms with van der Waals surface area (Å²) < 4.78 is 47.7. The first kappa shape index (κ1) is 31.5. The highest BCUT2D eigenvalue weighted by Crippen LogP contribution is 2.40. The molecule has 1 aliphatic heterocycles. The minimum atomic E-state index is -4.37. The highest BCUT2D eigenvalue weighted by Gasteiger charge is 2.39. The highest BCUT2D eigenvalue weighted by molar-refractivity contribution is 7.90. The molecule has 240 valence electrons. The second-order valence-corrected chi connectivity index (χ2v) is 14.9. The Bertz CT molecular complexity index is 2090. The third-order valence-electron chi connectivity index (χ3n) is 8.28. The number of nitrogen functional groups attached to an aromatic ring is 1. The molecule has 4 heterocycles. The number of benzene rings is 2. The molecule has 0 saturated carbocycles. The van der Waals surface area contributed by atoms with Crippen molar-refractivity contribution < 1.29 is 27.1 Å². The van der Waals surface area contributed by atoms with Gasteiger partial charge in [0.25, 0.3) is 15.9 Å². The van der Waals surface area contributed by atoms with Crippen LogP contribution in [-0.4, -0.2) is 42.1 Å². The van der Waals surface area contributed by atoms with Gasteiger partial charge in [0.1, 0.15) is 22.8 Å². The lowest BCUT2D eigenvalue weighted by atomic mass is 9.81. The number of nitrogens with zero attached hydrogens (tertiary/aromatic N) is 2. The number of amides is 1. The number of fused-ring (bicyclic) bond motifs is 2. The number of hydrogen-bond donors (Lipinski definition) is 2. The van der Waals surface area contributed by atoms with Crippen molar-refractivity contribution in [3.05, 3.63) is 77.4 Å². The number of carbonyl (C=O) groups is 1. The first-order chi connectivity index (χ1) is 21.6. The molecule has 11 heteroatoms. The maximum absolute atomic E-state index is 14.0. The minimum Gasteiger partial charge on any atom is -0.493 e. The maximum Gasteiger partial charge on any atom is 0.281 e. The number of carbonyl (C=O) groups excluding carboxylic acids is 1. The van der Waals surface area contributed by atoms with Crippen molar-refractivity contribution in [2.45, 2.75) is 70.6 Å². The van der Waals surface area contributed by atoms with Gasteiger partial charge in [0, 0.05) is 10.9 Å². The number of pyridine rings is 2. The van der Waals surface area contributed by atoms with E-state index >= 15 is 0 Å². The van der Waals surface area contributed by atoms with E-state index in [4.69, 9.17) is 24.6 Å². The highest BCUT2D eigenvalue weighted by atomic mass is 32.2. The van der Waals surface area contributed by atoms with Crippen LogP contribution in [0.5, 0.6) is 5.75 Å². The van der Waals surface area contributed by atoms with E-state index in [2.05, 4.69) is 37.4 Å². The van der Waals surface area contributed by atoms with Crippen LogP contribution in [-0.2, 0) is 14.8 Å². The summed E-state index contributed by atoms with van der Waals surface area (Å²) >= 11 is 0. The maximum atomic E-state index is 14.0. The SMILES string of the molecule is Cc1c(-c2cc(C(=O)NS(=O)(=O)c3cccc(N)n3)c3c(OCC4CC(C)(C)OC(C)(C)C4)ccc(C)c3n2)oc2ccccc12. The van der Waals surface area contributed by atoms with Crippen molar-refractivity contribution in [2.75, 3.05) is 12.3 Å². The van der Waals surface area contributed by atoms with Crippen LogP contribution >= 0.6 is 0 Å². The van der Waals surface area contributed by atoms with Crippen molar-refractivity contribution >= 4 is 43.6 Å². The van der Waals surface area contributed by atoms with Crippen LogP contribution in [0.1, 0.15) is 62.0 Å². The van der Waals surface area contributed by atoms with Crippen molar-refractivity contribution in [3.8, 4) is 17.2 Å². The lowest BCUT2D eigenvalue weighted by molar-refractivity contribution is -0.175. The topological polar surface area (TPSA) is 147 Å². The Labute approximate surface area is 268 Å². The van der Waals surface area contributed by atoms with E-state index in [0.29, 0.717) is 40.3 Å². The summed E-state index contributed by atoms with van der Waals surface area (Å²) in [6.45, 7) is 12.5. The molecule has 5 aromatic rings. The molecule has 3 N–H and O–H groups in total. The molecule has 0 atom stereocenters. The number of rotatable bonds is 7. The molecule has 6 rings (SSSR count). The fourth-order valence-corrected chi connectivity index (χ4v) is 7.65. The van der Waals surface area contributed by atoms with Gasteiger partial charge in [0.05, 0.1) is 34.3 Å². The lowest BCUT2D eigenvalue weighted by Crippen LogP contribution is -2.46. The van der Waals surface area contributed by atoms with Gasteiger partial charge in [-0.05, 0) is 96.2 Å². The van der Waals surface area contributed by atoms with Gasteiger partial charge in [-0.2, -0.15) is 8.42 Å². The Balaban J connectivity index is 1.47. The van der Waals surface area contributed by atoms with Crippen LogP contribution in [0.4, 0.5) is 5.82 Å². The number of nitrogens with one attached hydrogen (secondary N) is 1. The quantitative estimate of drug-likeness (QED) is 0.197. The van der Waals surface area contributed by atoms with E-state index in [0.717, 1.165) is 29.4 Å². The van der Waals surface area contributed by atoms with Crippen molar-refractivity contribution in [1.82, 2.24) is 14.7 Å². The van der Waals surface area contributed by atoms with Crippen LogP contribution in [0, 0.1) is 19.8 Å². The van der Waals surface area contributed by atoms with Gasteiger partial charge < -0.3 is 19.6 Å². The smallest absolute Gasteiger partial charge is 0.281 e. The third kappa shape index (κ3) is 6.17. The van der Waals surface area contributed by atoms with E-state index in [1.165, 1.54) is 18.2 Å². The fourth-order valence-electron chi connectivity index (χ4n) is 6.71. The van der Waals surface area contributed by atoms with Gasteiger partial charge >= 0.3 is 0 Å². The Morgan fingerprint density at radius 2 is 1.72 bits per heavy atom. The summed E-state index contributed by atoms with van der Waals surface area (Å²) in [4.78, 5) is 22.9. The molecule has 46 heavy (non-hydrogen) atoms. The molecular formula is C35H38N4O6S. The Morgan fingerprint density at radius 1 is 1.00 bits per heavy atom. The second kappa shape index (κ2) is 11.4. The van der Waals surface area contributed by atoms with Gasteiger partial charge in [-0.15, -0.1) is 0 Å². The zero-order valence-electron chi connectivity index (χ0n) is 26.8. The van der Waals surface area contributed by atoms with Gasteiger partial charge in [-0.3, -0.25) is 4.79 Å².